The van der Waals surface area contributed by atoms with Crippen molar-refractivity contribution in [3.63, 3.8) is 0 Å². The van der Waals surface area contributed by atoms with Crippen molar-refractivity contribution < 1.29 is 23.5 Å². The molecule has 0 unspecified atom stereocenters. The quantitative estimate of drug-likeness (QED) is 0.471. The molecule has 1 N–H and O–H groups in total. The molecule has 0 radical (unpaired) electrons. The molecule has 0 saturated heterocycles. The maximum Gasteiger partial charge on any atom is 0.331 e. The minimum absolute atomic E-state index is 0.138. The maximum atomic E-state index is 13.4. The van der Waals surface area contributed by atoms with E-state index in [-0.39, 0.29) is 17.3 Å². The van der Waals surface area contributed by atoms with Gasteiger partial charge in [0.15, 0.2) is 12.4 Å². The average Bonchev–Trinajstić information content (AvgIpc) is 2.64. The number of ketones is 1. The van der Waals surface area contributed by atoms with Gasteiger partial charge in [-0.1, -0.05) is 42.5 Å². The Labute approximate surface area is 150 Å². The number of nitrogens with one attached hydrogen (secondary N) is 1. The zero-order chi connectivity index (χ0) is 18.9. The van der Waals surface area contributed by atoms with Crippen LogP contribution in [0.5, 0.6) is 0 Å². The summed E-state index contributed by atoms with van der Waals surface area (Å²) >= 11 is 0. The highest BCUT2D eigenvalue weighted by Gasteiger charge is 2.09. The van der Waals surface area contributed by atoms with Crippen molar-refractivity contribution in [3.05, 3.63) is 77.1 Å². The molecule has 0 saturated carbocycles. The zero-order valence-corrected chi connectivity index (χ0v) is 14.2. The van der Waals surface area contributed by atoms with Crippen LogP contribution in [0.2, 0.25) is 0 Å². The Morgan fingerprint density at radius 1 is 1.08 bits per heavy atom. The van der Waals surface area contributed by atoms with Crippen molar-refractivity contribution >= 4 is 23.7 Å². The van der Waals surface area contributed by atoms with Crippen LogP contribution < -0.4 is 5.32 Å². The lowest BCUT2D eigenvalue weighted by molar-refractivity contribution is -0.136. The standard InChI is InChI=1S/C20H18FNO4/c1-14(23)22-12-15-6-8-17(9-7-15)19(24)13-26-20(25)11-10-16-4-2-3-5-18(16)21/h2-11H,12-13H2,1H3,(H,22,23)/b11-10+. The Bertz CT molecular complexity index is 828. The van der Waals surface area contributed by atoms with Crippen molar-refractivity contribution in [3.8, 4) is 0 Å². The third-order valence-electron chi connectivity index (χ3n) is 3.47. The zero-order valence-electron chi connectivity index (χ0n) is 14.2. The minimum Gasteiger partial charge on any atom is -0.454 e. The molecule has 0 spiro atoms. The number of hydrogen-bond donors (Lipinski definition) is 1. The van der Waals surface area contributed by atoms with E-state index in [0.29, 0.717) is 12.1 Å². The van der Waals surface area contributed by atoms with Crippen LogP contribution in [0.4, 0.5) is 4.39 Å². The number of halogens is 1. The number of carbonyl (C=O) groups excluding carboxylic acids is 3. The summed E-state index contributed by atoms with van der Waals surface area (Å²) in [5.74, 6) is -1.68. The van der Waals surface area contributed by atoms with Crippen molar-refractivity contribution in [2.75, 3.05) is 6.61 Å². The molecule has 0 aliphatic heterocycles. The van der Waals surface area contributed by atoms with Gasteiger partial charge in [-0.05, 0) is 17.7 Å². The molecule has 6 heteroatoms. The highest BCUT2D eigenvalue weighted by atomic mass is 19.1. The van der Waals surface area contributed by atoms with Gasteiger partial charge in [-0.25, -0.2) is 9.18 Å². The van der Waals surface area contributed by atoms with E-state index in [9.17, 15) is 18.8 Å². The van der Waals surface area contributed by atoms with E-state index in [0.717, 1.165) is 11.6 Å². The number of ether oxygens (including phenoxy) is 1. The van der Waals surface area contributed by atoms with Gasteiger partial charge in [-0.2, -0.15) is 0 Å². The van der Waals surface area contributed by atoms with E-state index in [4.69, 9.17) is 4.74 Å². The Morgan fingerprint density at radius 3 is 2.42 bits per heavy atom. The molecule has 2 aromatic carbocycles. The number of hydrogen-bond acceptors (Lipinski definition) is 4. The van der Waals surface area contributed by atoms with E-state index in [1.54, 1.807) is 36.4 Å². The molecule has 0 fully saturated rings. The predicted octanol–water partition coefficient (Wildman–Crippen LogP) is 2.90. The van der Waals surface area contributed by atoms with E-state index < -0.39 is 18.4 Å². The largest absolute Gasteiger partial charge is 0.454 e. The number of carbonyl (C=O) groups is 3. The Balaban J connectivity index is 1.85. The second-order valence-electron chi connectivity index (χ2n) is 5.49. The highest BCUT2D eigenvalue weighted by Crippen LogP contribution is 2.09. The van der Waals surface area contributed by atoms with E-state index >= 15 is 0 Å². The lowest BCUT2D eigenvalue weighted by atomic mass is 10.1. The first kappa shape index (κ1) is 19.1. The van der Waals surface area contributed by atoms with Gasteiger partial charge in [0.1, 0.15) is 5.82 Å². The Morgan fingerprint density at radius 2 is 1.77 bits per heavy atom. The van der Waals surface area contributed by atoms with E-state index in [1.165, 1.54) is 25.1 Å². The number of amides is 1. The van der Waals surface area contributed by atoms with Crippen LogP contribution in [-0.4, -0.2) is 24.3 Å². The Hall–Kier alpha value is -3.28. The van der Waals surface area contributed by atoms with Crippen LogP contribution >= 0.6 is 0 Å². The van der Waals surface area contributed by atoms with Crippen LogP contribution in [0.1, 0.15) is 28.4 Å². The van der Waals surface area contributed by atoms with Gasteiger partial charge in [0.2, 0.25) is 5.91 Å². The molecule has 134 valence electrons. The van der Waals surface area contributed by atoms with Crippen molar-refractivity contribution in [1.29, 1.82) is 0 Å². The predicted molar refractivity (Wildman–Crippen MR) is 94.7 cm³/mol. The molecular weight excluding hydrogens is 337 g/mol. The summed E-state index contributed by atoms with van der Waals surface area (Å²) in [5, 5.41) is 2.65. The fourth-order valence-corrected chi connectivity index (χ4v) is 2.07. The fraction of sp³-hybridized carbons (Fsp3) is 0.150. The molecule has 26 heavy (non-hydrogen) atoms. The summed E-state index contributed by atoms with van der Waals surface area (Å²) in [4.78, 5) is 34.5. The van der Waals surface area contributed by atoms with Gasteiger partial charge in [-0.15, -0.1) is 0 Å². The topological polar surface area (TPSA) is 72.5 Å². The highest BCUT2D eigenvalue weighted by molar-refractivity contribution is 5.98. The number of benzene rings is 2. The minimum atomic E-state index is -0.733. The SMILES string of the molecule is CC(=O)NCc1ccc(C(=O)COC(=O)/C=C/c2ccccc2F)cc1. The molecule has 0 atom stereocenters. The Kier molecular flexibility index (Phi) is 6.79. The van der Waals surface area contributed by atoms with Gasteiger partial charge in [0.05, 0.1) is 0 Å². The van der Waals surface area contributed by atoms with Gasteiger partial charge < -0.3 is 10.1 Å². The molecule has 0 heterocycles. The summed E-state index contributed by atoms with van der Waals surface area (Å²) in [6.07, 6.45) is 2.36. The van der Waals surface area contributed by atoms with Crippen LogP contribution in [0.15, 0.2) is 54.6 Å². The van der Waals surface area contributed by atoms with Crippen molar-refractivity contribution in [1.82, 2.24) is 5.32 Å². The third-order valence-corrected chi connectivity index (χ3v) is 3.47. The molecule has 2 aromatic rings. The summed E-state index contributed by atoms with van der Waals surface area (Å²) in [6.45, 7) is 1.39. The summed E-state index contributed by atoms with van der Waals surface area (Å²) in [6, 6.07) is 12.6. The second-order valence-corrected chi connectivity index (χ2v) is 5.49. The molecule has 5 nitrogen and oxygen atoms in total. The van der Waals surface area contributed by atoms with Gasteiger partial charge in [0.25, 0.3) is 0 Å². The van der Waals surface area contributed by atoms with E-state index in [1.807, 2.05) is 0 Å². The summed E-state index contributed by atoms with van der Waals surface area (Å²) < 4.78 is 18.3. The average molecular weight is 355 g/mol. The van der Waals surface area contributed by atoms with Crippen LogP contribution in [-0.2, 0) is 20.9 Å². The molecular formula is C20H18FNO4. The monoisotopic (exact) mass is 355 g/mol. The normalized spacial score (nSPS) is 10.5. The van der Waals surface area contributed by atoms with E-state index in [2.05, 4.69) is 5.32 Å². The lowest BCUT2D eigenvalue weighted by Gasteiger charge is -2.05. The lowest BCUT2D eigenvalue weighted by Crippen LogP contribution is -2.19. The summed E-state index contributed by atoms with van der Waals surface area (Å²) in [7, 11) is 0. The van der Waals surface area contributed by atoms with Crippen LogP contribution in [0.25, 0.3) is 6.08 Å². The second kappa shape index (κ2) is 9.27. The van der Waals surface area contributed by atoms with Crippen LogP contribution in [0, 0.1) is 5.82 Å². The summed E-state index contributed by atoms with van der Waals surface area (Å²) in [5.41, 5.74) is 1.49. The first-order chi connectivity index (χ1) is 12.5. The maximum absolute atomic E-state index is 13.4. The van der Waals surface area contributed by atoms with Gasteiger partial charge >= 0.3 is 5.97 Å². The third kappa shape index (κ3) is 5.98. The number of Topliss-reactive ketones (excluding diaryl/α,β-unsaturated/α-hetero) is 1. The fourth-order valence-electron chi connectivity index (χ4n) is 2.07. The first-order valence-electron chi connectivity index (χ1n) is 7.91. The first-order valence-corrected chi connectivity index (χ1v) is 7.91. The molecule has 0 aliphatic rings. The molecule has 0 aromatic heterocycles. The number of rotatable bonds is 7. The number of esters is 1. The van der Waals surface area contributed by atoms with Gasteiger partial charge in [0, 0.05) is 30.7 Å². The van der Waals surface area contributed by atoms with Gasteiger partial charge in [-0.3, -0.25) is 9.59 Å². The molecule has 0 aliphatic carbocycles. The smallest absolute Gasteiger partial charge is 0.331 e. The van der Waals surface area contributed by atoms with Crippen molar-refractivity contribution in [2.45, 2.75) is 13.5 Å². The molecule has 0 bridgehead atoms. The van der Waals surface area contributed by atoms with Crippen molar-refractivity contribution in [2.24, 2.45) is 0 Å². The molecule has 1 amide bonds. The molecule has 2 rings (SSSR count). The van der Waals surface area contributed by atoms with Crippen LogP contribution in [0.3, 0.4) is 0 Å².